The summed E-state index contributed by atoms with van der Waals surface area (Å²) < 4.78 is 5.25. The minimum Gasteiger partial charge on any atom is -0.379 e. The van der Waals surface area contributed by atoms with Gasteiger partial charge in [0.2, 0.25) is 5.72 Å². The van der Waals surface area contributed by atoms with Crippen molar-refractivity contribution in [3.63, 3.8) is 0 Å². The van der Waals surface area contributed by atoms with Crippen LogP contribution >= 0.6 is 0 Å². The zero-order chi connectivity index (χ0) is 16.1. The quantitative estimate of drug-likeness (QED) is 0.626. The maximum absolute atomic E-state index is 12.6. The number of morpholine rings is 1. The lowest BCUT2D eigenvalue weighted by molar-refractivity contribution is -0.385. The van der Waals surface area contributed by atoms with Gasteiger partial charge in [-0.1, -0.05) is 0 Å². The number of fused-ring (bicyclic) bond motifs is 1. The summed E-state index contributed by atoms with van der Waals surface area (Å²) in [6, 6.07) is 2.70. The van der Waals surface area contributed by atoms with E-state index in [1.165, 1.54) is 17.0 Å². The number of rotatable bonds is 2. The number of nitro groups is 1. The van der Waals surface area contributed by atoms with Gasteiger partial charge in [-0.25, -0.2) is 0 Å². The number of carbonyl (C=O) groups is 1. The molecule has 1 aromatic carbocycles. The summed E-state index contributed by atoms with van der Waals surface area (Å²) in [5.74, 6) is -0.493. The molecule has 1 N–H and O–H groups in total. The van der Waals surface area contributed by atoms with Gasteiger partial charge in [0.1, 0.15) is 0 Å². The molecule has 1 amide bonds. The van der Waals surface area contributed by atoms with E-state index in [1.807, 2.05) is 0 Å². The van der Waals surface area contributed by atoms with Crippen molar-refractivity contribution in [2.75, 3.05) is 38.3 Å². The van der Waals surface area contributed by atoms with Crippen LogP contribution in [0, 0.1) is 17.0 Å². The highest BCUT2D eigenvalue weighted by atomic mass is 16.6. The number of carbonyl (C=O) groups excluding carboxylic acids is 1. The molecule has 0 bridgehead atoms. The second-order valence-electron chi connectivity index (χ2n) is 5.55. The van der Waals surface area contributed by atoms with Crippen LogP contribution in [0.15, 0.2) is 12.1 Å². The molecule has 22 heavy (non-hydrogen) atoms. The molecule has 0 aliphatic carbocycles. The van der Waals surface area contributed by atoms with Crippen molar-refractivity contribution in [3.05, 3.63) is 33.4 Å². The van der Waals surface area contributed by atoms with Crippen LogP contribution in [-0.2, 0) is 15.3 Å². The Bertz CT molecular complexity index is 656. The van der Waals surface area contributed by atoms with E-state index in [2.05, 4.69) is 0 Å². The van der Waals surface area contributed by atoms with E-state index in [0.29, 0.717) is 37.6 Å². The van der Waals surface area contributed by atoms with Gasteiger partial charge >= 0.3 is 0 Å². The topological polar surface area (TPSA) is 96.2 Å². The van der Waals surface area contributed by atoms with E-state index in [-0.39, 0.29) is 11.3 Å². The lowest BCUT2D eigenvalue weighted by atomic mass is 9.98. The number of benzene rings is 1. The Morgan fingerprint density at radius 1 is 1.36 bits per heavy atom. The third-order valence-corrected chi connectivity index (χ3v) is 4.28. The Morgan fingerprint density at radius 3 is 2.59 bits per heavy atom. The molecule has 1 fully saturated rings. The minimum absolute atomic E-state index is 0.133. The van der Waals surface area contributed by atoms with Crippen molar-refractivity contribution in [1.29, 1.82) is 0 Å². The van der Waals surface area contributed by atoms with E-state index in [1.54, 1.807) is 18.9 Å². The lowest BCUT2D eigenvalue weighted by Gasteiger charge is -2.37. The number of aliphatic hydroxyl groups is 1. The fraction of sp³-hybridized carbons (Fsp3) is 0.500. The Hall–Kier alpha value is -2.03. The van der Waals surface area contributed by atoms with Crippen LogP contribution in [0.1, 0.15) is 11.1 Å². The van der Waals surface area contributed by atoms with Crippen molar-refractivity contribution in [3.8, 4) is 0 Å². The number of ether oxygens (including phenoxy) is 1. The van der Waals surface area contributed by atoms with Crippen molar-refractivity contribution in [2.24, 2.45) is 0 Å². The van der Waals surface area contributed by atoms with Gasteiger partial charge < -0.3 is 14.7 Å². The molecule has 0 spiro atoms. The molecular formula is C14H17N3O5. The molecule has 0 radical (unpaired) electrons. The van der Waals surface area contributed by atoms with Gasteiger partial charge in [-0.3, -0.25) is 19.8 Å². The van der Waals surface area contributed by atoms with Crippen molar-refractivity contribution < 1.29 is 19.6 Å². The number of aryl methyl sites for hydroxylation is 1. The Kier molecular flexibility index (Phi) is 3.39. The monoisotopic (exact) mass is 307 g/mol. The second kappa shape index (κ2) is 5.01. The molecule has 0 unspecified atom stereocenters. The van der Waals surface area contributed by atoms with Crippen LogP contribution in [0.3, 0.4) is 0 Å². The van der Waals surface area contributed by atoms with Gasteiger partial charge in [0, 0.05) is 37.8 Å². The number of non-ortho nitro benzene ring substituents is 1. The molecule has 3 rings (SSSR count). The smallest absolute Gasteiger partial charge is 0.279 e. The van der Waals surface area contributed by atoms with Gasteiger partial charge in [0.05, 0.1) is 23.8 Å². The predicted octanol–water partition coefficient (Wildman–Crippen LogP) is 0.357. The minimum atomic E-state index is -1.87. The van der Waals surface area contributed by atoms with Crippen molar-refractivity contribution in [2.45, 2.75) is 12.6 Å². The molecule has 8 heteroatoms. The number of amides is 1. The Morgan fingerprint density at radius 2 is 2.00 bits per heavy atom. The molecule has 8 nitrogen and oxygen atoms in total. The maximum atomic E-state index is 12.6. The second-order valence-corrected chi connectivity index (χ2v) is 5.55. The standard InChI is InChI=1S/C14H17N3O5/c1-9-7-10(17(20)21)8-11-12(9)15(2)13(18)14(11,19)16-3-5-22-6-4-16/h7-8,19H,3-6H2,1-2H3/t14-/m0/s1. The van der Waals surface area contributed by atoms with Crippen LogP contribution in [0.4, 0.5) is 11.4 Å². The Labute approximate surface area is 127 Å². The van der Waals surface area contributed by atoms with Crippen LogP contribution in [0.5, 0.6) is 0 Å². The number of hydrogen-bond acceptors (Lipinski definition) is 6. The van der Waals surface area contributed by atoms with Gasteiger partial charge in [-0.05, 0) is 12.5 Å². The number of anilines is 1. The third-order valence-electron chi connectivity index (χ3n) is 4.28. The first-order chi connectivity index (χ1) is 10.4. The first-order valence-electron chi connectivity index (χ1n) is 7.00. The molecule has 2 heterocycles. The van der Waals surface area contributed by atoms with Crippen molar-refractivity contribution >= 4 is 17.3 Å². The van der Waals surface area contributed by atoms with Crippen LogP contribution in [0.2, 0.25) is 0 Å². The summed E-state index contributed by atoms with van der Waals surface area (Å²) in [5, 5.41) is 22.2. The van der Waals surface area contributed by atoms with E-state index >= 15 is 0 Å². The van der Waals surface area contributed by atoms with E-state index in [4.69, 9.17) is 4.74 Å². The van der Waals surface area contributed by atoms with Crippen LogP contribution < -0.4 is 4.90 Å². The molecule has 2 aliphatic rings. The summed E-state index contributed by atoms with van der Waals surface area (Å²) >= 11 is 0. The molecule has 118 valence electrons. The number of hydrogen-bond donors (Lipinski definition) is 1. The summed E-state index contributed by atoms with van der Waals surface area (Å²) in [6.07, 6.45) is 0. The molecule has 1 saturated heterocycles. The van der Waals surface area contributed by atoms with Gasteiger partial charge in [-0.15, -0.1) is 0 Å². The fourth-order valence-corrected chi connectivity index (χ4v) is 3.22. The molecule has 0 aromatic heterocycles. The first kappa shape index (κ1) is 14.9. The van der Waals surface area contributed by atoms with E-state index < -0.39 is 16.6 Å². The fourth-order valence-electron chi connectivity index (χ4n) is 3.22. The normalized spacial score (nSPS) is 25.4. The average molecular weight is 307 g/mol. The van der Waals surface area contributed by atoms with Gasteiger partial charge in [0.15, 0.2) is 0 Å². The largest absolute Gasteiger partial charge is 0.379 e. The molecule has 0 saturated carbocycles. The maximum Gasteiger partial charge on any atom is 0.279 e. The SMILES string of the molecule is Cc1cc([N+](=O)[O-])cc2c1N(C)C(=O)[C@]2(O)N1CCOCC1. The summed E-state index contributed by atoms with van der Waals surface area (Å²) in [5.41, 5.74) is -0.613. The highest BCUT2D eigenvalue weighted by Gasteiger charge is 2.54. The van der Waals surface area contributed by atoms with E-state index in [0.717, 1.165) is 0 Å². The van der Waals surface area contributed by atoms with Crippen molar-refractivity contribution in [1.82, 2.24) is 4.90 Å². The molecule has 2 aliphatic heterocycles. The van der Waals surface area contributed by atoms with Crippen LogP contribution in [-0.4, -0.2) is 54.2 Å². The molecule has 1 atom stereocenters. The van der Waals surface area contributed by atoms with Gasteiger partial charge in [0.25, 0.3) is 11.6 Å². The number of likely N-dealkylation sites (N-methyl/N-ethyl adjacent to an activating group) is 1. The number of nitrogens with zero attached hydrogens (tertiary/aromatic N) is 3. The Balaban J connectivity index is 2.18. The summed E-state index contributed by atoms with van der Waals surface area (Å²) in [4.78, 5) is 26.2. The highest BCUT2D eigenvalue weighted by molar-refractivity contribution is 6.07. The number of nitro benzene ring substituents is 1. The highest BCUT2D eigenvalue weighted by Crippen LogP contribution is 2.45. The van der Waals surface area contributed by atoms with Crippen LogP contribution in [0.25, 0.3) is 0 Å². The zero-order valence-electron chi connectivity index (χ0n) is 12.4. The predicted molar refractivity (Wildman–Crippen MR) is 77.5 cm³/mol. The molecular weight excluding hydrogens is 290 g/mol. The summed E-state index contributed by atoms with van der Waals surface area (Å²) in [7, 11) is 1.57. The third kappa shape index (κ3) is 1.92. The van der Waals surface area contributed by atoms with Gasteiger partial charge in [-0.2, -0.15) is 0 Å². The zero-order valence-corrected chi connectivity index (χ0v) is 12.4. The average Bonchev–Trinajstić information content (AvgIpc) is 2.71. The molecule has 1 aromatic rings. The lowest BCUT2D eigenvalue weighted by Crippen LogP contribution is -2.56. The first-order valence-corrected chi connectivity index (χ1v) is 7.00. The summed E-state index contributed by atoms with van der Waals surface area (Å²) in [6.45, 7) is 3.28. The van der Waals surface area contributed by atoms with E-state index in [9.17, 15) is 20.0 Å².